The van der Waals surface area contributed by atoms with E-state index in [2.05, 4.69) is 10.1 Å². The van der Waals surface area contributed by atoms with Gasteiger partial charge in [-0.1, -0.05) is 43.6 Å². The minimum atomic E-state index is -0.534. The van der Waals surface area contributed by atoms with E-state index in [0.29, 0.717) is 29.9 Å². The van der Waals surface area contributed by atoms with Crippen LogP contribution < -0.4 is 10.5 Å². The molecule has 0 spiro atoms. The summed E-state index contributed by atoms with van der Waals surface area (Å²) in [6, 6.07) is 12.5. The number of nitrogens with two attached hydrogens (primary N) is 1. The zero-order valence-electron chi connectivity index (χ0n) is 17.6. The van der Waals surface area contributed by atoms with Crippen LogP contribution in [-0.2, 0) is 12.0 Å². The number of methoxy groups -OCH3 is 1. The van der Waals surface area contributed by atoms with Gasteiger partial charge in [0.15, 0.2) is 11.5 Å². The van der Waals surface area contributed by atoms with E-state index in [1.165, 1.54) is 6.07 Å². The molecule has 0 fully saturated rings. The van der Waals surface area contributed by atoms with E-state index >= 15 is 0 Å². The summed E-state index contributed by atoms with van der Waals surface area (Å²) in [5, 5.41) is 4.71. The fourth-order valence-corrected chi connectivity index (χ4v) is 3.43. The quantitative estimate of drug-likeness (QED) is 0.475. The number of aromatic nitrogens is 4. The summed E-state index contributed by atoms with van der Waals surface area (Å²) in [4.78, 5) is 9.42. The maximum Gasteiger partial charge on any atom is 0.178 e. The fraction of sp³-hybridized carbons (Fsp3) is 0.261. The van der Waals surface area contributed by atoms with Crippen molar-refractivity contribution in [2.45, 2.75) is 25.8 Å². The van der Waals surface area contributed by atoms with Crippen molar-refractivity contribution in [3.8, 4) is 17.0 Å². The van der Waals surface area contributed by atoms with E-state index in [4.69, 9.17) is 27.1 Å². The Hall–Kier alpha value is -3.03. The van der Waals surface area contributed by atoms with Gasteiger partial charge in [-0.25, -0.2) is 19.0 Å². The molecule has 0 saturated heterocycles. The SMILES string of the molecule is COc1ccc(Cn2nc(-c3cccc(Cl)c3F)c3ncc(C(C)(C)CN)nc32)cc1. The minimum Gasteiger partial charge on any atom is -0.497 e. The number of benzene rings is 2. The van der Waals surface area contributed by atoms with E-state index in [9.17, 15) is 4.39 Å². The van der Waals surface area contributed by atoms with Gasteiger partial charge in [-0.15, -0.1) is 0 Å². The summed E-state index contributed by atoms with van der Waals surface area (Å²) in [5.41, 5.74) is 9.06. The molecule has 0 aliphatic carbocycles. The molecule has 160 valence electrons. The van der Waals surface area contributed by atoms with Crippen LogP contribution in [0.5, 0.6) is 5.75 Å². The molecule has 0 bridgehead atoms. The lowest BCUT2D eigenvalue weighted by Gasteiger charge is -2.21. The monoisotopic (exact) mass is 439 g/mol. The summed E-state index contributed by atoms with van der Waals surface area (Å²) >= 11 is 6.01. The maximum atomic E-state index is 14.8. The topological polar surface area (TPSA) is 78.8 Å². The third-order valence-electron chi connectivity index (χ3n) is 5.35. The Morgan fingerprint density at radius 3 is 2.58 bits per heavy atom. The third kappa shape index (κ3) is 3.98. The second-order valence-corrected chi connectivity index (χ2v) is 8.38. The molecule has 0 amide bonds. The van der Waals surface area contributed by atoms with Gasteiger partial charge < -0.3 is 10.5 Å². The predicted molar refractivity (Wildman–Crippen MR) is 120 cm³/mol. The first-order chi connectivity index (χ1) is 14.8. The Kier molecular flexibility index (Phi) is 5.64. The molecule has 0 unspecified atom stereocenters. The first-order valence-electron chi connectivity index (χ1n) is 9.85. The van der Waals surface area contributed by atoms with Crippen LogP contribution in [0.4, 0.5) is 4.39 Å². The smallest absolute Gasteiger partial charge is 0.178 e. The van der Waals surface area contributed by atoms with Crippen LogP contribution in [0.3, 0.4) is 0 Å². The molecular weight excluding hydrogens is 417 g/mol. The summed E-state index contributed by atoms with van der Waals surface area (Å²) < 4.78 is 21.8. The molecule has 8 heteroatoms. The van der Waals surface area contributed by atoms with Gasteiger partial charge in [-0.3, -0.25) is 0 Å². The second-order valence-electron chi connectivity index (χ2n) is 7.97. The van der Waals surface area contributed by atoms with Crippen LogP contribution in [0.2, 0.25) is 5.02 Å². The Labute approximate surface area is 184 Å². The number of halogens is 2. The molecule has 2 heterocycles. The van der Waals surface area contributed by atoms with Gasteiger partial charge in [0.05, 0.1) is 24.4 Å². The molecule has 2 aromatic heterocycles. The molecule has 0 aliphatic heterocycles. The predicted octanol–water partition coefficient (Wildman–Crippen LogP) is 4.58. The highest BCUT2D eigenvalue weighted by atomic mass is 35.5. The number of rotatable bonds is 6. The van der Waals surface area contributed by atoms with Crippen LogP contribution in [0.15, 0.2) is 48.7 Å². The molecule has 0 radical (unpaired) electrons. The molecule has 0 saturated carbocycles. The van der Waals surface area contributed by atoms with Crippen LogP contribution in [0.1, 0.15) is 25.1 Å². The highest BCUT2D eigenvalue weighted by Crippen LogP contribution is 2.32. The van der Waals surface area contributed by atoms with Gasteiger partial charge in [-0.05, 0) is 29.8 Å². The minimum absolute atomic E-state index is 0.0317. The highest BCUT2D eigenvalue weighted by Gasteiger charge is 2.25. The number of fused-ring (bicyclic) bond motifs is 1. The van der Waals surface area contributed by atoms with Gasteiger partial charge in [0, 0.05) is 23.7 Å². The Morgan fingerprint density at radius 2 is 1.90 bits per heavy atom. The first kappa shape index (κ1) is 21.2. The molecule has 31 heavy (non-hydrogen) atoms. The van der Waals surface area contributed by atoms with Crippen LogP contribution in [-0.4, -0.2) is 33.4 Å². The Bertz CT molecular complexity index is 1240. The van der Waals surface area contributed by atoms with Crippen molar-refractivity contribution in [1.82, 2.24) is 19.7 Å². The van der Waals surface area contributed by atoms with Gasteiger partial charge in [-0.2, -0.15) is 5.10 Å². The van der Waals surface area contributed by atoms with Gasteiger partial charge in [0.25, 0.3) is 0 Å². The largest absolute Gasteiger partial charge is 0.497 e. The van der Waals surface area contributed by atoms with Crippen molar-refractivity contribution in [3.63, 3.8) is 0 Å². The lowest BCUT2D eigenvalue weighted by molar-refractivity contribution is 0.414. The molecule has 4 rings (SSSR count). The molecular formula is C23H23ClFN5O. The third-order valence-corrected chi connectivity index (χ3v) is 5.64. The molecule has 2 N–H and O–H groups in total. The molecule has 0 aliphatic rings. The van der Waals surface area contributed by atoms with Crippen molar-refractivity contribution in [2.24, 2.45) is 5.73 Å². The number of nitrogens with zero attached hydrogens (tertiary/aromatic N) is 4. The number of hydrogen-bond acceptors (Lipinski definition) is 5. The average molecular weight is 440 g/mol. The van der Waals surface area contributed by atoms with E-state index < -0.39 is 5.82 Å². The summed E-state index contributed by atoms with van der Waals surface area (Å²) in [6.45, 7) is 4.86. The van der Waals surface area contributed by atoms with E-state index in [-0.39, 0.29) is 16.0 Å². The fourth-order valence-electron chi connectivity index (χ4n) is 3.25. The number of hydrogen-bond donors (Lipinski definition) is 1. The zero-order chi connectivity index (χ0) is 22.2. The molecule has 4 aromatic rings. The van der Waals surface area contributed by atoms with Gasteiger partial charge in [0.1, 0.15) is 17.0 Å². The average Bonchev–Trinajstić information content (AvgIpc) is 3.13. The molecule has 0 atom stereocenters. The standard InChI is InChI=1S/C23H23ClFN5O/c1-23(2,13-26)18-11-27-21-20(16-5-4-6-17(24)19(16)25)29-30(22(21)28-18)12-14-7-9-15(31-3)10-8-14/h4-11H,12-13,26H2,1-3H3. The van der Waals surface area contributed by atoms with Gasteiger partial charge in [0.2, 0.25) is 0 Å². The van der Waals surface area contributed by atoms with Crippen molar-refractivity contribution >= 4 is 22.8 Å². The molecule has 6 nitrogen and oxygen atoms in total. The summed E-state index contributed by atoms with van der Waals surface area (Å²) in [6.07, 6.45) is 1.68. The maximum absolute atomic E-state index is 14.8. The summed E-state index contributed by atoms with van der Waals surface area (Å²) in [5.74, 6) is 0.232. The van der Waals surface area contributed by atoms with E-state index in [1.54, 1.807) is 30.1 Å². The van der Waals surface area contributed by atoms with Crippen molar-refractivity contribution in [3.05, 3.63) is 70.8 Å². The lowest BCUT2D eigenvalue weighted by Crippen LogP contribution is -2.29. The first-order valence-corrected chi connectivity index (χ1v) is 10.2. The van der Waals surface area contributed by atoms with E-state index in [1.807, 2.05) is 38.1 Å². The lowest BCUT2D eigenvalue weighted by atomic mass is 9.90. The van der Waals surface area contributed by atoms with Crippen LogP contribution >= 0.6 is 11.6 Å². The second kappa shape index (κ2) is 8.24. The van der Waals surface area contributed by atoms with Crippen LogP contribution in [0.25, 0.3) is 22.4 Å². The van der Waals surface area contributed by atoms with Crippen molar-refractivity contribution < 1.29 is 9.13 Å². The van der Waals surface area contributed by atoms with Gasteiger partial charge >= 0.3 is 0 Å². The highest BCUT2D eigenvalue weighted by molar-refractivity contribution is 6.31. The van der Waals surface area contributed by atoms with Crippen LogP contribution in [0, 0.1) is 5.82 Å². The Morgan fingerprint density at radius 1 is 1.16 bits per heavy atom. The summed E-state index contributed by atoms with van der Waals surface area (Å²) in [7, 11) is 1.62. The normalized spacial score (nSPS) is 11.8. The van der Waals surface area contributed by atoms with Crippen molar-refractivity contribution in [1.29, 1.82) is 0 Å². The number of ether oxygens (including phenoxy) is 1. The van der Waals surface area contributed by atoms with E-state index in [0.717, 1.165) is 17.0 Å². The van der Waals surface area contributed by atoms with Crippen molar-refractivity contribution in [2.75, 3.05) is 13.7 Å². The Balaban J connectivity index is 1.89. The zero-order valence-corrected chi connectivity index (χ0v) is 18.3. The molecule has 2 aromatic carbocycles.